The molecule has 1 N–H and O–H groups in total. The Bertz CT molecular complexity index is 880. The molecule has 1 aliphatic carbocycles. The average molecular weight is 340 g/mol. The lowest BCUT2D eigenvalue weighted by Crippen LogP contribution is -2.15. The van der Waals surface area contributed by atoms with Crippen molar-refractivity contribution in [1.82, 2.24) is 4.57 Å². The first kappa shape index (κ1) is 15.4. The van der Waals surface area contributed by atoms with Crippen LogP contribution in [0.4, 0.5) is 5.69 Å². The number of hydrogen-bond acceptors (Lipinski definition) is 4. The molecular formula is C19H20N2O2S. The number of ether oxygens (including phenoxy) is 1. The number of carbonyl (C=O) groups excluding carboxylic acids is 1. The highest BCUT2D eigenvalue weighted by Gasteiger charge is 2.32. The molecule has 124 valence electrons. The van der Waals surface area contributed by atoms with Gasteiger partial charge < -0.3 is 14.6 Å². The van der Waals surface area contributed by atoms with Crippen LogP contribution in [0.1, 0.15) is 40.7 Å². The largest absolute Gasteiger partial charge is 0.461 e. The van der Waals surface area contributed by atoms with Crippen LogP contribution < -0.4 is 5.32 Å². The van der Waals surface area contributed by atoms with E-state index in [1.165, 1.54) is 21.1 Å². The third kappa shape index (κ3) is 2.18. The number of rotatable bonds is 2. The molecule has 0 saturated heterocycles. The van der Waals surface area contributed by atoms with Gasteiger partial charge >= 0.3 is 5.97 Å². The molecule has 0 bridgehead atoms. The smallest absolute Gasteiger partial charge is 0.355 e. The van der Waals surface area contributed by atoms with Gasteiger partial charge in [0.1, 0.15) is 5.69 Å². The number of aromatic nitrogens is 1. The molecule has 1 aromatic heterocycles. The molecule has 0 atom stereocenters. The molecular weight excluding hydrogens is 320 g/mol. The third-order valence-electron chi connectivity index (χ3n) is 4.73. The van der Waals surface area contributed by atoms with E-state index in [2.05, 4.69) is 23.5 Å². The zero-order valence-electron chi connectivity index (χ0n) is 14.1. The molecule has 1 aromatic carbocycles. The van der Waals surface area contributed by atoms with Gasteiger partial charge in [-0.3, -0.25) is 0 Å². The fourth-order valence-electron chi connectivity index (χ4n) is 3.66. The molecule has 0 spiro atoms. The minimum atomic E-state index is -0.238. The molecule has 1 aliphatic heterocycles. The van der Waals surface area contributed by atoms with Gasteiger partial charge in [0, 0.05) is 28.1 Å². The summed E-state index contributed by atoms with van der Waals surface area (Å²) in [6, 6.07) is 8.36. The maximum Gasteiger partial charge on any atom is 0.355 e. The summed E-state index contributed by atoms with van der Waals surface area (Å²) in [4.78, 5) is 15.0. The second-order valence-electron chi connectivity index (χ2n) is 6.10. The number of para-hydroxylation sites is 1. The highest BCUT2D eigenvalue weighted by atomic mass is 32.2. The summed E-state index contributed by atoms with van der Waals surface area (Å²) in [6.45, 7) is 4.25. The number of hydrogen-bond donors (Lipinski definition) is 1. The number of allylic oxidation sites excluding steroid dienone is 1. The maximum atomic E-state index is 12.4. The molecule has 4 rings (SSSR count). The van der Waals surface area contributed by atoms with Crippen molar-refractivity contribution in [1.29, 1.82) is 0 Å². The van der Waals surface area contributed by atoms with Crippen LogP contribution in [0.15, 0.2) is 34.1 Å². The summed E-state index contributed by atoms with van der Waals surface area (Å²) in [7, 11) is 1.97. The Morgan fingerprint density at radius 1 is 1.33 bits per heavy atom. The molecule has 2 aromatic rings. The topological polar surface area (TPSA) is 43.3 Å². The Kier molecular flexibility index (Phi) is 3.68. The van der Waals surface area contributed by atoms with Crippen LogP contribution in [0.5, 0.6) is 0 Å². The Morgan fingerprint density at radius 3 is 2.92 bits per heavy atom. The first-order chi connectivity index (χ1) is 11.6. The second kappa shape index (κ2) is 5.74. The van der Waals surface area contributed by atoms with E-state index >= 15 is 0 Å². The van der Waals surface area contributed by atoms with Crippen molar-refractivity contribution >= 4 is 29.1 Å². The molecule has 5 heteroatoms. The highest BCUT2D eigenvalue weighted by molar-refractivity contribution is 8.03. The lowest BCUT2D eigenvalue weighted by Gasteiger charge is -2.28. The molecule has 0 unspecified atom stereocenters. The van der Waals surface area contributed by atoms with Crippen LogP contribution in [-0.2, 0) is 18.2 Å². The molecule has 0 amide bonds. The van der Waals surface area contributed by atoms with E-state index < -0.39 is 0 Å². The van der Waals surface area contributed by atoms with Crippen LogP contribution in [0.3, 0.4) is 0 Å². The van der Waals surface area contributed by atoms with Crippen molar-refractivity contribution < 1.29 is 9.53 Å². The summed E-state index contributed by atoms with van der Waals surface area (Å²) in [6.07, 6.45) is 1.94. The van der Waals surface area contributed by atoms with Crippen LogP contribution >= 0.6 is 11.8 Å². The zero-order chi connectivity index (χ0) is 16.8. The Balaban J connectivity index is 1.84. The van der Waals surface area contributed by atoms with Gasteiger partial charge in [0.05, 0.1) is 18.0 Å². The Hall–Kier alpha value is -2.14. The first-order valence-electron chi connectivity index (χ1n) is 8.24. The number of nitrogens with one attached hydrogen (secondary N) is 1. The SMILES string of the molecule is CCOC(=O)c1c(C)c2c(n1C)CCC1=C2Nc2ccccc2S1. The minimum absolute atomic E-state index is 0.238. The number of anilines is 1. The monoisotopic (exact) mass is 340 g/mol. The van der Waals surface area contributed by atoms with Gasteiger partial charge in [0.15, 0.2) is 0 Å². The zero-order valence-corrected chi connectivity index (χ0v) is 14.9. The van der Waals surface area contributed by atoms with E-state index in [-0.39, 0.29) is 5.97 Å². The fraction of sp³-hybridized carbons (Fsp3) is 0.316. The predicted octanol–water partition coefficient (Wildman–Crippen LogP) is 4.34. The molecule has 2 heterocycles. The summed E-state index contributed by atoms with van der Waals surface area (Å²) < 4.78 is 7.27. The minimum Gasteiger partial charge on any atom is -0.461 e. The molecule has 4 nitrogen and oxygen atoms in total. The van der Waals surface area contributed by atoms with Gasteiger partial charge in [-0.2, -0.15) is 0 Å². The van der Waals surface area contributed by atoms with Crippen molar-refractivity contribution in [3.8, 4) is 0 Å². The molecule has 0 saturated carbocycles. The normalized spacial score (nSPS) is 15.3. The number of benzene rings is 1. The molecule has 0 fully saturated rings. The van der Waals surface area contributed by atoms with Gasteiger partial charge in [0.25, 0.3) is 0 Å². The lowest BCUT2D eigenvalue weighted by molar-refractivity contribution is 0.0514. The number of thioether (sulfide) groups is 1. The Morgan fingerprint density at radius 2 is 2.12 bits per heavy atom. The lowest BCUT2D eigenvalue weighted by atomic mass is 9.97. The van der Waals surface area contributed by atoms with E-state index in [1.807, 2.05) is 43.3 Å². The van der Waals surface area contributed by atoms with Crippen LogP contribution in [0, 0.1) is 6.92 Å². The fourth-order valence-corrected chi connectivity index (χ4v) is 4.76. The van der Waals surface area contributed by atoms with E-state index in [1.54, 1.807) is 0 Å². The number of carbonyl (C=O) groups is 1. The Labute approximate surface area is 145 Å². The van der Waals surface area contributed by atoms with Gasteiger partial charge in [-0.1, -0.05) is 23.9 Å². The quantitative estimate of drug-likeness (QED) is 0.826. The van der Waals surface area contributed by atoms with E-state index in [4.69, 9.17) is 4.74 Å². The molecule has 2 aliphatic rings. The van der Waals surface area contributed by atoms with Crippen LogP contribution in [0.2, 0.25) is 0 Å². The number of fused-ring (bicyclic) bond motifs is 3. The van der Waals surface area contributed by atoms with Crippen LogP contribution in [-0.4, -0.2) is 17.1 Å². The molecule has 0 radical (unpaired) electrons. The summed E-state index contributed by atoms with van der Waals surface area (Å²) in [5, 5.41) is 3.60. The van der Waals surface area contributed by atoms with Crippen molar-refractivity contribution in [2.45, 2.75) is 31.6 Å². The van der Waals surface area contributed by atoms with E-state index in [9.17, 15) is 4.79 Å². The number of esters is 1. The molecule has 24 heavy (non-hydrogen) atoms. The van der Waals surface area contributed by atoms with Gasteiger partial charge in [-0.25, -0.2) is 4.79 Å². The van der Waals surface area contributed by atoms with E-state index in [0.29, 0.717) is 12.3 Å². The third-order valence-corrected chi connectivity index (χ3v) is 5.96. The van der Waals surface area contributed by atoms with E-state index in [0.717, 1.165) is 29.8 Å². The van der Waals surface area contributed by atoms with Gasteiger partial charge in [-0.05, 0) is 44.4 Å². The summed E-state index contributed by atoms with van der Waals surface area (Å²) in [5.41, 5.74) is 6.34. The van der Waals surface area contributed by atoms with Crippen molar-refractivity contribution in [3.63, 3.8) is 0 Å². The summed E-state index contributed by atoms with van der Waals surface area (Å²) in [5.74, 6) is -0.238. The van der Waals surface area contributed by atoms with Crippen molar-refractivity contribution in [2.24, 2.45) is 7.05 Å². The van der Waals surface area contributed by atoms with Crippen molar-refractivity contribution in [2.75, 3.05) is 11.9 Å². The highest BCUT2D eigenvalue weighted by Crippen LogP contribution is 2.48. The predicted molar refractivity (Wildman–Crippen MR) is 97.3 cm³/mol. The second-order valence-corrected chi connectivity index (χ2v) is 7.23. The first-order valence-corrected chi connectivity index (χ1v) is 9.06. The van der Waals surface area contributed by atoms with Gasteiger partial charge in [0.2, 0.25) is 0 Å². The van der Waals surface area contributed by atoms with Crippen molar-refractivity contribution in [3.05, 3.63) is 51.7 Å². The van der Waals surface area contributed by atoms with Crippen LogP contribution in [0.25, 0.3) is 5.70 Å². The summed E-state index contributed by atoms with van der Waals surface area (Å²) >= 11 is 1.84. The standard InChI is InChI=1S/C19H20N2O2S/c1-4-23-19(22)18-11(2)16-13(21(18)3)9-10-15-17(16)20-12-7-5-6-8-14(12)24-15/h5-8,20H,4,9-10H2,1-3H3. The number of nitrogens with zero attached hydrogens (tertiary/aromatic N) is 1. The maximum absolute atomic E-state index is 12.4. The van der Waals surface area contributed by atoms with Gasteiger partial charge in [-0.15, -0.1) is 0 Å². The average Bonchev–Trinajstić information content (AvgIpc) is 2.84.